The summed E-state index contributed by atoms with van der Waals surface area (Å²) in [4.78, 5) is 52.5. The van der Waals surface area contributed by atoms with E-state index in [-0.39, 0.29) is 24.8 Å². The number of thiophene rings is 1. The summed E-state index contributed by atoms with van der Waals surface area (Å²) in [5, 5.41) is 6.18. The van der Waals surface area contributed by atoms with Gasteiger partial charge in [0.05, 0.1) is 18.5 Å². The van der Waals surface area contributed by atoms with Gasteiger partial charge in [-0.05, 0) is 30.2 Å². The van der Waals surface area contributed by atoms with Gasteiger partial charge in [0.25, 0.3) is 5.91 Å². The summed E-state index contributed by atoms with van der Waals surface area (Å²) in [6.45, 7) is 7.05. The fourth-order valence-electron chi connectivity index (χ4n) is 5.03. The van der Waals surface area contributed by atoms with Gasteiger partial charge in [-0.3, -0.25) is 19.8 Å². The van der Waals surface area contributed by atoms with Crippen molar-refractivity contribution in [1.29, 1.82) is 0 Å². The molecule has 0 radical (unpaired) electrons. The summed E-state index contributed by atoms with van der Waals surface area (Å²) in [7, 11) is 0. The lowest BCUT2D eigenvalue weighted by Gasteiger charge is -2.35. The number of hydrogen-bond acceptors (Lipinski definition) is 8. The molecule has 2 fully saturated rings. The highest BCUT2D eigenvalue weighted by molar-refractivity contribution is 7.18. The Morgan fingerprint density at radius 3 is 2.63 bits per heavy atom. The molecule has 0 spiro atoms. The third-order valence-corrected chi connectivity index (χ3v) is 7.75. The van der Waals surface area contributed by atoms with E-state index in [9.17, 15) is 14.4 Å². The lowest BCUT2D eigenvalue weighted by Crippen LogP contribution is -2.56. The van der Waals surface area contributed by atoms with Gasteiger partial charge in [0.15, 0.2) is 0 Å². The minimum Gasteiger partial charge on any atom is -0.353 e. The molecule has 2 saturated heterocycles. The van der Waals surface area contributed by atoms with Crippen molar-refractivity contribution in [2.24, 2.45) is 0 Å². The first kappa shape index (κ1) is 21.9. The molecule has 0 bridgehead atoms. The van der Waals surface area contributed by atoms with Crippen molar-refractivity contribution in [2.75, 3.05) is 37.6 Å². The molecule has 1 N–H and O–H groups in total. The minimum absolute atomic E-state index is 0.190. The van der Waals surface area contributed by atoms with E-state index < -0.39 is 6.03 Å². The van der Waals surface area contributed by atoms with Gasteiger partial charge in [0.1, 0.15) is 17.0 Å². The van der Waals surface area contributed by atoms with Gasteiger partial charge in [0, 0.05) is 49.6 Å². The second-order valence-electron chi connectivity index (χ2n) is 9.12. The molecule has 10 nitrogen and oxygen atoms in total. The molecule has 11 heteroatoms. The van der Waals surface area contributed by atoms with Crippen LogP contribution in [0, 0.1) is 6.92 Å². The number of amides is 4. The van der Waals surface area contributed by atoms with Gasteiger partial charge in [-0.1, -0.05) is 12.1 Å². The number of aromatic nitrogens is 2. The van der Waals surface area contributed by atoms with Crippen LogP contribution in [0.2, 0.25) is 0 Å². The molecule has 0 aliphatic carbocycles. The summed E-state index contributed by atoms with van der Waals surface area (Å²) >= 11 is 1.70. The van der Waals surface area contributed by atoms with E-state index in [0.29, 0.717) is 12.1 Å². The van der Waals surface area contributed by atoms with Crippen LogP contribution in [0.25, 0.3) is 10.2 Å². The highest BCUT2D eigenvalue weighted by atomic mass is 32.1. The number of rotatable bonds is 4. The molecular weight excluding hydrogens is 466 g/mol. The number of benzene rings is 1. The van der Waals surface area contributed by atoms with Crippen LogP contribution in [0.4, 0.5) is 10.6 Å². The Bertz CT molecular complexity index is 1350. The molecule has 1 aromatic carbocycles. The first-order valence-corrected chi connectivity index (χ1v) is 12.5. The molecule has 3 aromatic rings. The summed E-state index contributed by atoms with van der Waals surface area (Å²) in [6, 6.07) is 7.54. The van der Waals surface area contributed by atoms with E-state index in [1.807, 2.05) is 12.1 Å². The topological polar surface area (TPSA) is 102 Å². The normalized spacial score (nSPS) is 19.0. The van der Waals surface area contributed by atoms with Crippen LogP contribution in [0.3, 0.4) is 0 Å². The largest absolute Gasteiger partial charge is 0.353 e. The molecule has 0 atom stereocenters. The van der Waals surface area contributed by atoms with Crippen LogP contribution in [-0.4, -0.2) is 75.5 Å². The average molecular weight is 492 g/mol. The number of piperazine rings is 1. The zero-order valence-corrected chi connectivity index (χ0v) is 20.2. The molecule has 3 aliphatic rings. The van der Waals surface area contributed by atoms with E-state index >= 15 is 0 Å². The zero-order chi connectivity index (χ0) is 24.1. The van der Waals surface area contributed by atoms with Gasteiger partial charge < -0.3 is 4.90 Å². The van der Waals surface area contributed by atoms with Crippen LogP contribution >= 0.6 is 11.3 Å². The van der Waals surface area contributed by atoms with Crippen molar-refractivity contribution < 1.29 is 14.4 Å². The number of urea groups is 1. The first-order chi connectivity index (χ1) is 17.0. The SMILES string of the molecule is Cc1cc2c(N3CCN(Cc4ccc5c(c4)CN(N4CCC(=O)NC4=O)C5=O)CC3)ncnc2s1. The lowest BCUT2D eigenvalue weighted by molar-refractivity contribution is -0.123. The molecule has 5 heterocycles. The molecule has 35 heavy (non-hydrogen) atoms. The summed E-state index contributed by atoms with van der Waals surface area (Å²) < 4.78 is 0. The quantitative estimate of drug-likeness (QED) is 0.597. The molecular formula is C24H25N7O3S. The number of carbonyl (C=O) groups excluding carboxylic acids is 3. The summed E-state index contributed by atoms with van der Waals surface area (Å²) in [6.07, 6.45) is 1.84. The van der Waals surface area contributed by atoms with Crippen molar-refractivity contribution in [3.05, 3.63) is 52.2 Å². The van der Waals surface area contributed by atoms with Gasteiger partial charge in [0.2, 0.25) is 5.91 Å². The Kier molecular flexibility index (Phi) is 5.37. The molecule has 180 valence electrons. The van der Waals surface area contributed by atoms with E-state index in [0.717, 1.165) is 59.9 Å². The van der Waals surface area contributed by atoms with E-state index in [1.165, 1.54) is 14.9 Å². The predicted octanol–water partition coefficient (Wildman–Crippen LogP) is 2.13. The average Bonchev–Trinajstić information content (AvgIpc) is 3.38. The van der Waals surface area contributed by atoms with Crippen LogP contribution in [0.1, 0.15) is 32.8 Å². The van der Waals surface area contributed by atoms with Crippen molar-refractivity contribution in [3.8, 4) is 0 Å². The van der Waals surface area contributed by atoms with Crippen molar-refractivity contribution >= 4 is 45.2 Å². The number of hydrogen-bond donors (Lipinski definition) is 1. The maximum absolute atomic E-state index is 12.9. The molecule has 4 amide bonds. The van der Waals surface area contributed by atoms with E-state index in [1.54, 1.807) is 17.7 Å². The fourth-order valence-corrected chi connectivity index (χ4v) is 5.87. The number of fused-ring (bicyclic) bond motifs is 2. The summed E-state index contributed by atoms with van der Waals surface area (Å²) in [5.41, 5.74) is 2.66. The second kappa shape index (κ2) is 8.58. The third-order valence-electron chi connectivity index (χ3n) is 6.79. The Labute approximate surface area is 206 Å². The first-order valence-electron chi connectivity index (χ1n) is 11.7. The number of anilines is 1. The molecule has 0 unspecified atom stereocenters. The lowest BCUT2D eigenvalue weighted by atomic mass is 10.1. The molecule has 0 saturated carbocycles. The molecule has 2 aromatic heterocycles. The van der Waals surface area contributed by atoms with Crippen molar-refractivity contribution in [2.45, 2.75) is 26.4 Å². The Morgan fingerprint density at radius 2 is 1.83 bits per heavy atom. The van der Waals surface area contributed by atoms with Gasteiger partial charge in [-0.2, -0.15) is 0 Å². The van der Waals surface area contributed by atoms with Gasteiger partial charge >= 0.3 is 6.03 Å². The highest BCUT2D eigenvalue weighted by Gasteiger charge is 2.37. The minimum atomic E-state index is -0.543. The smallest absolute Gasteiger partial charge is 0.342 e. The number of imide groups is 1. The Morgan fingerprint density at radius 1 is 1.00 bits per heavy atom. The predicted molar refractivity (Wildman–Crippen MR) is 131 cm³/mol. The monoisotopic (exact) mass is 491 g/mol. The molecule has 3 aliphatic heterocycles. The Balaban J connectivity index is 1.11. The van der Waals surface area contributed by atoms with E-state index in [2.05, 4.69) is 44.1 Å². The maximum atomic E-state index is 12.9. The van der Waals surface area contributed by atoms with Gasteiger partial charge in [-0.15, -0.1) is 11.3 Å². The third kappa shape index (κ3) is 4.00. The summed E-state index contributed by atoms with van der Waals surface area (Å²) in [5.74, 6) is 0.496. The van der Waals surface area contributed by atoms with Crippen molar-refractivity contribution in [1.82, 2.24) is 30.2 Å². The zero-order valence-electron chi connectivity index (χ0n) is 19.4. The number of carbonyl (C=O) groups is 3. The van der Waals surface area contributed by atoms with Crippen molar-refractivity contribution in [3.63, 3.8) is 0 Å². The maximum Gasteiger partial charge on any atom is 0.342 e. The second-order valence-corrected chi connectivity index (χ2v) is 10.4. The van der Waals surface area contributed by atoms with Crippen LogP contribution in [0.15, 0.2) is 30.6 Å². The number of hydrazine groups is 1. The van der Waals surface area contributed by atoms with Crippen LogP contribution < -0.4 is 10.2 Å². The number of nitrogens with one attached hydrogen (secondary N) is 1. The standard InChI is InChI=1S/C24H25N7O3S/c1-15-10-19-21(25-14-26-22(19)35-15)29-8-6-28(7-9-29)12-16-2-3-18-17(11-16)13-31(23(18)33)30-5-4-20(32)27-24(30)34/h2-3,10-11,14H,4-9,12-13H2,1H3,(H,27,32,34). The Hall–Kier alpha value is -3.57. The van der Waals surface area contributed by atoms with Crippen LogP contribution in [0.5, 0.6) is 0 Å². The van der Waals surface area contributed by atoms with Crippen LogP contribution in [-0.2, 0) is 17.9 Å². The molecule has 6 rings (SSSR count). The fraction of sp³-hybridized carbons (Fsp3) is 0.375. The number of nitrogens with zero attached hydrogens (tertiary/aromatic N) is 6. The van der Waals surface area contributed by atoms with Gasteiger partial charge in [-0.25, -0.2) is 24.8 Å². The highest BCUT2D eigenvalue weighted by Crippen LogP contribution is 2.31. The number of aryl methyl sites for hydroxylation is 1. The van der Waals surface area contributed by atoms with E-state index in [4.69, 9.17) is 0 Å².